The van der Waals surface area contributed by atoms with Crippen molar-refractivity contribution >= 4 is 6.08 Å². The van der Waals surface area contributed by atoms with Crippen LogP contribution in [0.15, 0.2) is 29.8 Å². The van der Waals surface area contributed by atoms with E-state index in [1.165, 1.54) is 0 Å². The Labute approximate surface area is 112 Å². The Bertz CT molecular complexity index is 513. The zero-order valence-electron chi connectivity index (χ0n) is 10.5. The largest absolute Gasteiger partial charge is 0.490 e. The van der Waals surface area contributed by atoms with Crippen LogP contribution in [0.4, 0.5) is 0 Å². The first-order valence-electron chi connectivity index (χ1n) is 6.18. The van der Waals surface area contributed by atoms with E-state index in [9.17, 15) is 0 Å². The number of rotatable bonds is 3. The lowest BCUT2D eigenvalue weighted by atomic mass is 10.1. The van der Waals surface area contributed by atoms with Crippen LogP contribution in [0.2, 0.25) is 0 Å². The first kappa shape index (κ1) is 13.1. The maximum absolute atomic E-state index is 8.68. The van der Waals surface area contributed by atoms with Crippen molar-refractivity contribution in [3.05, 3.63) is 35.4 Å². The van der Waals surface area contributed by atoms with Crippen molar-refractivity contribution in [1.82, 2.24) is 0 Å². The Morgan fingerprint density at radius 3 is 2.37 bits per heavy atom. The maximum atomic E-state index is 8.68. The molecule has 0 saturated carbocycles. The van der Waals surface area contributed by atoms with Crippen LogP contribution in [0.1, 0.15) is 18.4 Å². The van der Waals surface area contributed by atoms with E-state index in [2.05, 4.69) is 0 Å². The monoisotopic (exact) mass is 254 g/mol. The van der Waals surface area contributed by atoms with Gasteiger partial charge in [0.25, 0.3) is 0 Å². The third-order valence-electron chi connectivity index (χ3n) is 2.90. The van der Waals surface area contributed by atoms with E-state index >= 15 is 0 Å². The van der Waals surface area contributed by atoms with Gasteiger partial charge in [-0.25, -0.2) is 0 Å². The smallest absolute Gasteiger partial charge is 0.130 e. The Hall–Kier alpha value is -2.30. The molecule has 1 saturated heterocycles. The second-order valence-corrected chi connectivity index (χ2v) is 4.28. The minimum Gasteiger partial charge on any atom is -0.490 e. The fraction of sp³-hybridized carbons (Fsp3) is 0.333. The molecule has 1 fully saturated rings. The highest BCUT2D eigenvalue weighted by Crippen LogP contribution is 2.19. The molecule has 4 nitrogen and oxygen atoms in total. The van der Waals surface area contributed by atoms with Gasteiger partial charge in [-0.1, -0.05) is 12.1 Å². The van der Waals surface area contributed by atoms with E-state index in [1.54, 1.807) is 6.08 Å². The van der Waals surface area contributed by atoms with E-state index in [0.717, 1.165) is 37.4 Å². The summed E-state index contributed by atoms with van der Waals surface area (Å²) >= 11 is 0. The van der Waals surface area contributed by atoms with Crippen LogP contribution >= 0.6 is 0 Å². The van der Waals surface area contributed by atoms with Gasteiger partial charge in [0, 0.05) is 12.8 Å². The number of hydrogen-bond donors (Lipinski definition) is 0. The topological polar surface area (TPSA) is 66.0 Å². The molecular weight excluding hydrogens is 240 g/mol. The first-order chi connectivity index (χ1) is 9.31. The zero-order chi connectivity index (χ0) is 13.5. The van der Waals surface area contributed by atoms with Crippen LogP contribution in [0.5, 0.6) is 5.75 Å². The lowest BCUT2D eigenvalue weighted by Crippen LogP contribution is -2.25. The van der Waals surface area contributed by atoms with Gasteiger partial charge in [-0.3, -0.25) is 0 Å². The highest BCUT2D eigenvalue weighted by molar-refractivity contribution is 5.62. The number of benzene rings is 1. The molecule has 0 bridgehead atoms. The van der Waals surface area contributed by atoms with Crippen LogP contribution < -0.4 is 4.74 Å². The molecule has 0 atom stereocenters. The van der Waals surface area contributed by atoms with Gasteiger partial charge in [0.05, 0.1) is 13.2 Å². The Morgan fingerprint density at radius 2 is 1.79 bits per heavy atom. The molecule has 4 heteroatoms. The predicted octanol–water partition coefficient (Wildman–Crippen LogP) is 2.67. The third kappa shape index (κ3) is 3.84. The Balaban J connectivity index is 2.00. The van der Waals surface area contributed by atoms with Crippen LogP contribution in [0.3, 0.4) is 0 Å². The highest BCUT2D eigenvalue weighted by Gasteiger charge is 2.14. The fourth-order valence-electron chi connectivity index (χ4n) is 1.89. The highest BCUT2D eigenvalue weighted by atomic mass is 16.5. The minimum atomic E-state index is 0.0955. The Morgan fingerprint density at radius 1 is 1.16 bits per heavy atom. The van der Waals surface area contributed by atoms with Crippen LogP contribution in [-0.2, 0) is 4.74 Å². The molecular formula is C15H14N2O2. The van der Waals surface area contributed by atoms with E-state index in [4.69, 9.17) is 20.0 Å². The molecule has 96 valence electrons. The van der Waals surface area contributed by atoms with E-state index in [1.807, 2.05) is 36.4 Å². The number of ether oxygens (including phenoxy) is 2. The number of hydrogen-bond acceptors (Lipinski definition) is 4. The average Bonchev–Trinajstić information content (AvgIpc) is 2.47. The van der Waals surface area contributed by atoms with Gasteiger partial charge in [-0.05, 0) is 23.8 Å². The minimum absolute atomic E-state index is 0.0955. The van der Waals surface area contributed by atoms with Crippen molar-refractivity contribution in [2.24, 2.45) is 0 Å². The number of allylic oxidation sites excluding steroid dienone is 1. The lowest BCUT2D eigenvalue weighted by Gasteiger charge is -2.23. The van der Waals surface area contributed by atoms with Crippen molar-refractivity contribution in [2.45, 2.75) is 18.9 Å². The second-order valence-electron chi connectivity index (χ2n) is 4.28. The van der Waals surface area contributed by atoms with Crippen molar-refractivity contribution in [3.8, 4) is 17.9 Å². The summed E-state index contributed by atoms with van der Waals surface area (Å²) in [7, 11) is 0. The van der Waals surface area contributed by atoms with E-state index in [0.29, 0.717) is 0 Å². The van der Waals surface area contributed by atoms with Gasteiger partial charge < -0.3 is 9.47 Å². The summed E-state index contributed by atoms with van der Waals surface area (Å²) in [5.74, 6) is 0.805. The third-order valence-corrected chi connectivity index (χ3v) is 2.90. The van der Waals surface area contributed by atoms with Crippen molar-refractivity contribution in [3.63, 3.8) is 0 Å². The van der Waals surface area contributed by atoms with Gasteiger partial charge in [0.2, 0.25) is 0 Å². The SMILES string of the molecule is N#CC(C#N)=Cc1ccc(OC2CCOCC2)cc1. The lowest BCUT2D eigenvalue weighted by molar-refractivity contribution is 0.0256. The van der Waals surface area contributed by atoms with Gasteiger partial charge in [-0.2, -0.15) is 10.5 Å². The summed E-state index contributed by atoms with van der Waals surface area (Å²) in [4.78, 5) is 0. The van der Waals surface area contributed by atoms with Crippen LogP contribution in [-0.4, -0.2) is 19.3 Å². The zero-order valence-corrected chi connectivity index (χ0v) is 10.5. The van der Waals surface area contributed by atoms with Gasteiger partial charge in [-0.15, -0.1) is 0 Å². The number of nitrogens with zero attached hydrogens (tertiary/aromatic N) is 2. The molecule has 0 aromatic heterocycles. The van der Waals surface area contributed by atoms with Gasteiger partial charge in [0.15, 0.2) is 0 Å². The van der Waals surface area contributed by atoms with Crippen molar-refractivity contribution in [2.75, 3.05) is 13.2 Å². The quantitative estimate of drug-likeness (QED) is 0.778. The standard InChI is InChI=1S/C15H14N2O2/c16-10-13(11-17)9-12-1-3-14(4-2-12)19-15-5-7-18-8-6-15/h1-4,9,15H,5-8H2. The van der Waals surface area contributed by atoms with Crippen molar-refractivity contribution < 1.29 is 9.47 Å². The Kier molecular flexibility index (Phi) is 4.55. The average molecular weight is 254 g/mol. The molecule has 1 aliphatic rings. The molecule has 1 aliphatic heterocycles. The van der Waals surface area contributed by atoms with Crippen LogP contribution in [0.25, 0.3) is 6.08 Å². The van der Waals surface area contributed by atoms with Crippen molar-refractivity contribution in [1.29, 1.82) is 10.5 Å². The normalized spacial score (nSPS) is 15.1. The molecule has 2 rings (SSSR count). The summed E-state index contributed by atoms with van der Waals surface area (Å²) in [6, 6.07) is 11.1. The molecule has 0 radical (unpaired) electrons. The summed E-state index contributed by atoms with van der Waals surface area (Å²) in [6.07, 6.45) is 3.59. The molecule has 0 N–H and O–H groups in total. The maximum Gasteiger partial charge on any atom is 0.130 e. The molecule has 19 heavy (non-hydrogen) atoms. The fourth-order valence-corrected chi connectivity index (χ4v) is 1.89. The molecule has 1 heterocycles. The van der Waals surface area contributed by atoms with Gasteiger partial charge >= 0.3 is 0 Å². The predicted molar refractivity (Wildman–Crippen MR) is 70.1 cm³/mol. The van der Waals surface area contributed by atoms with Crippen LogP contribution in [0, 0.1) is 22.7 Å². The molecule has 0 spiro atoms. The van der Waals surface area contributed by atoms with Gasteiger partial charge in [0.1, 0.15) is 29.6 Å². The molecule has 0 amide bonds. The molecule has 1 aromatic rings. The summed E-state index contributed by atoms with van der Waals surface area (Å²) < 4.78 is 11.1. The summed E-state index contributed by atoms with van der Waals surface area (Å²) in [6.45, 7) is 1.50. The molecule has 0 aliphatic carbocycles. The second kappa shape index (κ2) is 6.58. The van der Waals surface area contributed by atoms with E-state index < -0.39 is 0 Å². The van der Waals surface area contributed by atoms with E-state index in [-0.39, 0.29) is 11.7 Å². The first-order valence-corrected chi connectivity index (χ1v) is 6.18. The summed E-state index contributed by atoms with van der Waals surface area (Å²) in [5.41, 5.74) is 0.913. The molecule has 0 unspecified atom stereocenters. The molecule has 1 aromatic carbocycles. The number of nitriles is 2. The summed E-state index contributed by atoms with van der Waals surface area (Å²) in [5, 5.41) is 17.4.